The first kappa shape index (κ1) is 12.9. The molecule has 0 aliphatic carbocycles. The molecular weight excluding hydrogens is 248 g/mol. The quantitative estimate of drug-likeness (QED) is 0.756. The third kappa shape index (κ3) is 2.50. The van der Waals surface area contributed by atoms with Crippen LogP contribution in [0.2, 0.25) is 0 Å². The molecule has 1 aliphatic heterocycles. The number of carbonyl (C=O) groups is 2. The lowest BCUT2D eigenvalue weighted by Gasteiger charge is -2.30. The van der Waals surface area contributed by atoms with Gasteiger partial charge in [0.15, 0.2) is 0 Å². The van der Waals surface area contributed by atoms with Gasteiger partial charge in [0.05, 0.1) is 25.3 Å². The first-order chi connectivity index (χ1) is 9.17. The molecule has 0 spiro atoms. The number of esters is 1. The Bertz CT molecular complexity index is 533. The summed E-state index contributed by atoms with van der Waals surface area (Å²) in [5, 5.41) is 9.05. The van der Waals surface area contributed by atoms with E-state index in [1.807, 2.05) is 0 Å². The van der Waals surface area contributed by atoms with E-state index in [2.05, 4.69) is 10.8 Å². The molecule has 19 heavy (non-hydrogen) atoms. The third-order valence-electron chi connectivity index (χ3n) is 2.84. The molecule has 6 heteroatoms. The molecule has 98 valence electrons. The van der Waals surface area contributed by atoms with Crippen molar-refractivity contribution in [2.24, 2.45) is 0 Å². The van der Waals surface area contributed by atoms with Gasteiger partial charge in [-0.15, -0.1) is 0 Å². The van der Waals surface area contributed by atoms with Gasteiger partial charge >= 0.3 is 12.1 Å². The maximum Gasteiger partial charge on any atom is 0.415 e. The predicted octanol–water partition coefficient (Wildman–Crippen LogP) is 1.71. The second-order valence-electron chi connectivity index (χ2n) is 3.96. The average molecular weight is 260 g/mol. The molecule has 1 unspecified atom stereocenters. The van der Waals surface area contributed by atoms with E-state index in [1.165, 1.54) is 24.1 Å². The standard InChI is InChI=1S/C13H12N2O4/c1-18-12(16)9-2-4-10(5-3-9)15-11(8-14)6-7-19-13(15)17/h2-5,11H,6-7H2,1H3. The lowest BCUT2D eigenvalue weighted by molar-refractivity contribution is 0.0600. The summed E-state index contributed by atoms with van der Waals surface area (Å²) in [6.07, 6.45) is -0.0929. The Morgan fingerprint density at radius 3 is 2.74 bits per heavy atom. The van der Waals surface area contributed by atoms with Crippen LogP contribution in [-0.2, 0) is 9.47 Å². The van der Waals surface area contributed by atoms with Crippen LogP contribution in [0.4, 0.5) is 10.5 Å². The van der Waals surface area contributed by atoms with Gasteiger partial charge in [-0.3, -0.25) is 4.90 Å². The molecule has 0 bridgehead atoms. The summed E-state index contributed by atoms with van der Waals surface area (Å²) in [7, 11) is 1.30. The molecule has 1 atom stereocenters. The summed E-state index contributed by atoms with van der Waals surface area (Å²) in [6, 6.07) is 7.77. The zero-order chi connectivity index (χ0) is 13.8. The van der Waals surface area contributed by atoms with E-state index < -0.39 is 18.1 Å². The summed E-state index contributed by atoms with van der Waals surface area (Å²) in [6.45, 7) is 0.244. The van der Waals surface area contributed by atoms with Gasteiger partial charge < -0.3 is 9.47 Å². The number of carbonyl (C=O) groups excluding carboxylic acids is 2. The van der Waals surface area contributed by atoms with Crippen molar-refractivity contribution < 1.29 is 19.1 Å². The molecule has 1 aromatic carbocycles. The van der Waals surface area contributed by atoms with Gasteiger partial charge in [-0.05, 0) is 24.3 Å². The minimum atomic E-state index is -0.552. The molecular formula is C13H12N2O4. The van der Waals surface area contributed by atoms with Crippen LogP contribution in [0.15, 0.2) is 24.3 Å². The largest absolute Gasteiger partial charge is 0.465 e. The van der Waals surface area contributed by atoms with Gasteiger partial charge in [0.2, 0.25) is 0 Å². The van der Waals surface area contributed by atoms with Crippen molar-refractivity contribution in [3.8, 4) is 6.07 Å². The first-order valence-electron chi connectivity index (χ1n) is 5.71. The lowest BCUT2D eigenvalue weighted by Crippen LogP contribution is -2.45. The fraction of sp³-hybridized carbons (Fsp3) is 0.308. The molecule has 1 aliphatic rings. The Balaban J connectivity index is 2.27. The molecule has 2 rings (SSSR count). The van der Waals surface area contributed by atoms with Crippen molar-refractivity contribution in [3.63, 3.8) is 0 Å². The van der Waals surface area contributed by atoms with Gasteiger partial charge in [-0.25, -0.2) is 9.59 Å². The Morgan fingerprint density at radius 1 is 1.47 bits per heavy atom. The van der Waals surface area contributed by atoms with Gasteiger partial charge in [-0.1, -0.05) is 0 Å². The second kappa shape index (κ2) is 5.40. The number of nitriles is 1. The van der Waals surface area contributed by atoms with Crippen molar-refractivity contribution in [1.29, 1.82) is 5.26 Å². The molecule has 0 saturated carbocycles. The van der Waals surface area contributed by atoms with E-state index >= 15 is 0 Å². The van der Waals surface area contributed by atoms with Crippen molar-refractivity contribution >= 4 is 17.7 Å². The van der Waals surface area contributed by atoms with E-state index in [0.717, 1.165) is 0 Å². The lowest BCUT2D eigenvalue weighted by atomic mass is 10.1. The second-order valence-corrected chi connectivity index (χ2v) is 3.96. The van der Waals surface area contributed by atoms with Crippen LogP contribution in [0.5, 0.6) is 0 Å². The number of hydrogen-bond acceptors (Lipinski definition) is 5. The maximum absolute atomic E-state index is 11.7. The van der Waals surface area contributed by atoms with Crippen molar-refractivity contribution in [1.82, 2.24) is 0 Å². The molecule has 1 heterocycles. The van der Waals surface area contributed by atoms with Gasteiger partial charge in [0.25, 0.3) is 0 Å². The summed E-state index contributed by atoms with van der Waals surface area (Å²) in [5.41, 5.74) is 0.897. The van der Waals surface area contributed by atoms with E-state index in [1.54, 1.807) is 12.1 Å². The Morgan fingerprint density at radius 2 is 2.16 bits per heavy atom. The van der Waals surface area contributed by atoms with Crippen LogP contribution in [0.25, 0.3) is 0 Å². The Labute approximate surface area is 110 Å². The molecule has 6 nitrogen and oxygen atoms in total. The minimum absolute atomic E-state index is 0.244. The van der Waals surface area contributed by atoms with Crippen LogP contribution < -0.4 is 4.90 Å². The normalized spacial score (nSPS) is 18.4. The molecule has 0 radical (unpaired) electrons. The van der Waals surface area contributed by atoms with Crippen LogP contribution in [0.1, 0.15) is 16.8 Å². The molecule has 1 fully saturated rings. The molecule has 1 saturated heterocycles. The molecule has 0 N–H and O–H groups in total. The molecule has 1 amide bonds. The van der Waals surface area contributed by atoms with Crippen molar-refractivity contribution in [2.75, 3.05) is 18.6 Å². The summed E-state index contributed by atoms with van der Waals surface area (Å²) < 4.78 is 9.51. The highest BCUT2D eigenvalue weighted by Crippen LogP contribution is 2.23. The topological polar surface area (TPSA) is 79.6 Å². The number of benzene rings is 1. The van der Waals surface area contributed by atoms with Gasteiger partial charge in [0.1, 0.15) is 6.04 Å². The van der Waals surface area contributed by atoms with E-state index in [9.17, 15) is 9.59 Å². The number of cyclic esters (lactones) is 1. The highest BCUT2D eigenvalue weighted by Gasteiger charge is 2.30. The van der Waals surface area contributed by atoms with Crippen LogP contribution in [0, 0.1) is 11.3 Å². The van der Waals surface area contributed by atoms with E-state index in [0.29, 0.717) is 17.7 Å². The number of methoxy groups -OCH3 is 1. The number of amides is 1. The van der Waals surface area contributed by atoms with E-state index in [4.69, 9.17) is 10.00 Å². The zero-order valence-electron chi connectivity index (χ0n) is 10.3. The Hall–Kier alpha value is -2.55. The minimum Gasteiger partial charge on any atom is -0.465 e. The maximum atomic E-state index is 11.7. The monoisotopic (exact) mass is 260 g/mol. The van der Waals surface area contributed by atoms with Gasteiger partial charge in [-0.2, -0.15) is 5.26 Å². The fourth-order valence-corrected chi connectivity index (χ4v) is 1.87. The average Bonchev–Trinajstić information content (AvgIpc) is 2.46. The third-order valence-corrected chi connectivity index (χ3v) is 2.84. The van der Waals surface area contributed by atoms with E-state index in [-0.39, 0.29) is 6.61 Å². The van der Waals surface area contributed by atoms with Crippen molar-refractivity contribution in [3.05, 3.63) is 29.8 Å². The molecule has 1 aromatic rings. The number of rotatable bonds is 2. The van der Waals surface area contributed by atoms with Crippen LogP contribution >= 0.6 is 0 Å². The van der Waals surface area contributed by atoms with Crippen LogP contribution in [-0.4, -0.2) is 31.8 Å². The van der Waals surface area contributed by atoms with Gasteiger partial charge in [0, 0.05) is 12.1 Å². The van der Waals surface area contributed by atoms with Crippen LogP contribution in [0.3, 0.4) is 0 Å². The smallest absolute Gasteiger partial charge is 0.415 e. The predicted molar refractivity (Wildman–Crippen MR) is 65.6 cm³/mol. The number of ether oxygens (including phenoxy) is 2. The number of anilines is 1. The summed E-state index contributed by atoms with van der Waals surface area (Å²) in [4.78, 5) is 24.3. The van der Waals surface area contributed by atoms with Crippen molar-refractivity contribution in [2.45, 2.75) is 12.5 Å². The summed E-state index contributed by atoms with van der Waals surface area (Å²) >= 11 is 0. The molecule has 0 aromatic heterocycles. The summed E-state index contributed by atoms with van der Waals surface area (Å²) in [5.74, 6) is -0.454. The highest BCUT2D eigenvalue weighted by molar-refractivity contribution is 5.92. The fourth-order valence-electron chi connectivity index (χ4n) is 1.87. The SMILES string of the molecule is COC(=O)c1ccc(N2C(=O)OCCC2C#N)cc1. The highest BCUT2D eigenvalue weighted by atomic mass is 16.6. The zero-order valence-corrected chi connectivity index (χ0v) is 10.3. The Kier molecular flexibility index (Phi) is 3.66. The number of nitrogens with zero attached hydrogens (tertiary/aromatic N) is 2. The first-order valence-corrected chi connectivity index (χ1v) is 5.71. The number of hydrogen-bond donors (Lipinski definition) is 0.